The van der Waals surface area contributed by atoms with E-state index in [0.717, 1.165) is 0 Å². The van der Waals surface area contributed by atoms with Crippen LogP contribution in [0.1, 0.15) is 16.8 Å². The molecule has 7 nitrogen and oxygen atoms in total. The normalized spacial score (nSPS) is 17.8. The summed E-state index contributed by atoms with van der Waals surface area (Å²) in [5.41, 5.74) is 0.197. The van der Waals surface area contributed by atoms with Crippen LogP contribution in [0.2, 0.25) is 0 Å². The standard InChI is InChI=1S/C12H9NO6/c14-9-6-8(11(16)18-9)13-12(17)19-10(15)7-4-2-1-3-5-7/h1-5,8H,6H2,(H,13,17)/t8-/m0/s1. The molecule has 0 saturated carbocycles. The Labute approximate surface area is 107 Å². The quantitative estimate of drug-likeness (QED) is 0.612. The Hall–Kier alpha value is -2.70. The molecule has 0 spiro atoms. The van der Waals surface area contributed by atoms with Gasteiger partial charge in [-0.05, 0) is 12.1 Å². The largest absolute Gasteiger partial charge is 0.415 e. The summed E-state index contributed by atoms with van der Waals surface area (Å²) in [5, 5.41) is 2.08. The van der Waals surface area contributed by atoms with Gasteiger partial charge in [-0.15, -0.1) is 0 Å². The Kier molecular flexibility index (Phi) is 3.56. The van der Waals surface area contributed by atoms with Gasteiger partial charge in [0.1, 0.15) is 6.04 Å². The van der Waals surface area contributed by atoms with Gasteiger partial charge in [-0.1, -0.05) is 18.2 Å². The van der Waals surface area contributed by atoms with Gasteiger partial charge < -0.3 is 14.8 Å². The molecule has 0 bridgehead atoms. The summed E-state index contributed by atoms with van der Waals surface area (Å²) in [6.45, 7) is 0. The molecule has 0 unspecified atom stereocenters. The smallest absolute Gasteiger partial charge is 0.392 e. The summed E-state index contributed by atoms with van der Waals surface area (Å²) >= 11 is 0. The first-order chi connectivity index (χ1) is 9.06. The third-order valence-electron chi connectivity index (χ3n) is 2.36. The molecule has 1 N–H and O–H groups in total. The predicted molar refractivity (Wildman–Crippen MR) is 59.9 cm³/mol. The van der Waals surface area contributed by atoms with E-state index >= 15 is 0 Å². The topological polar surface area (TPSA) is 98.8 Å². The third kappa shape index (κ3) is 3.15. The van der Waals surface area contributed by atoms with E-state index in [1.807, 2.05) is 0 Å². The minimum Gasteiger partial charge on any atom is -0.392 e. The highest BCUT2D eigenvalue weighted by Crippen LogP contribution is 2.08. The highest BCUT2D eigenvalue weighted by atomic mass is 16.6. The Balaban J connectivity index is 1.90. The maximum atomic E-state index is 11.5. The van der Waals surface area contributed by atoms with Crippen molar-refractivity contribution >= 4 is 24.0 Å². The van der Waals surface area contributed by atoms with E-state index in [0.29, 0.717) is 0 Å². The number of benzene rings is 1. The average Bonchev–Trinajstić information content (AvgIpc) is 2.68. The first kappa shape index (κ1) is 12.7. The van der Waals surface area contributed by atoms with Gasteiger partial charge in [0.15, 0.2) is 0 Å². The molecule has 1 amide bonds. The van der Waals surface area contributed by atoms with Crippen molar-refractivity contribution in [3.05, 3.63) is 35.9 Å². The highest BCUT2D eigenvalue weighted by molar-refractivity contribution is 6.00. The fraction of sp³-hybridized carbons (Fsp3) is 0.167. The van der Waals surface area contributed by atoms with Crippen LogP contribution in [0.4, 0.5) is 4.79 Å². The van der Waals surface area contributed by atoms with Crippen LogP contribution >= 0.6 is 0 Å². The van der Waals surface area contributed by atoms with Crippen LogP contribution in [-0.4, -0.2) is 30.0 Å². The van der Waals surface area contributed by atoms with Crippen molar-refractivity contribution in [2.24, 2.45) is 0 Å². The average molecular weight is 263 g/mol. The summed E-state index contributed by atoms with van der Waals surface area (Å²) < 4.78 is 8.71. The lowest BCUT2D eigenvalue weighted by molar-refractivity contribution is -0.152. The third-order valence-corrected chi connectivity index (χ3v) is 2.36. The summed E-state index contributed by atoms with van der Waals surface area (Å²) in [6.07, 6.45) is -1.38. The summed E-state index contributed by atoms with van der Waals surface area (Å²) in [6, 6.07) is 6.77. The molecule has 0 radical (unpaired) electrons. The lowest BCUT2D eigenvalue weighted by atomic mass is 10.2. The van der Waals surface area contributed by atoms with Gasteiger partial charge in [0, 0.05) is 0 Å². The molecule has 7 heteroatoms. The van der Waals surface area contributed by atoms with Crippen molar-refractivity contribution in [1.82, 2.24) is 5.32 Å². The Bertz CT molecular complexity index is 538. The van der Waals surface area contributed by atoms with Gasteiger partial charge in [-0.2, -0.15) is 0 Å². The molecule has 0 aliphatic carbocycles. The predicted octanol–water partition coefficient (Wildman–Crippen LogP) is 0.395. The van der Waals surface area contributed by atoms with E-state index in [1.165, 1.54) is 12.1 Å². The zero-order chi connectivity index (χ0) is 13.8. The van der Waals surface area contributed by atoms with Crippen LogP contribution in [0.3, 0.4) is 0 Å². The van der Waals surface area contributed by atoms with E-state index in [1.54, 1.807) is 18.2 Å². The van der Waals surface area contributed by atoms with E-state index < -0.39 is 30.0 Å². The molecule has 1 aliphatic rings. The van der Waals surface area contributed by atoms with Gasteiger partial charge in [0.05, 0.1) is 12.0 Å². The number of nitrogens with one attached hydrogen (secondary N) is 1. The van der Waals surface area contributed by atoms with Crippen molar-refractivity contribution in [2.75, 3.05) is 0 Å². The number of esters is 3. The van der Waals surface area contributed by atoms with Crippen molar-refractivity contribution in [3.63, 3.8) is 0 Å². The number of cyclic esters (lactones) is 2. The first-order valence-electron chi connectivity index (χ1n) is 5.38. The zero-order valence-electron chi connectivity index (χ0n) is 9.62. The number of rotatable bonds is 2. The van der Waals surface area contributed by atoms with E-state index in [2.05, 4.69) is 14.8 Å². The second-order valence-electron chi connectivity index (χ2n) is 3.74. The monoisotopic (exact) mass is 263 g/mol. The maximum Gasteiger partial charge on any atom is 0.415 e. The summed E-state index contributed by atoms with van der Waals surface area (Å²) in [5.74, 6) is -2.45. The van der Waals surface area contributed by atoms with Crippen LogP contribution in [0.5, 0.6) is 0 Å². The van der Waals surface area contributed by atoms with Gasteiger partial charge in [0.2, 0.25) is 0 Å². The second-order valence-corrected chi connectivity index (χ2v) is 3.74. The van der Waals surface area contributed by atoms with E-state index in [9.17, 15) is 19.2 Å². The number of hydrogen-bond acceptors (Lipinski definition) is 6. The molecule has 1 heterocycles. The lowest BCUT2D eigenvalue weighted by Gasteiger charge is -2.07. The Morgan fingerprint density at radius 2 is 1.89 bits per heavy atom. The fourth-order valence-corrected chi connectivity index (χ4v) is 1.47. The highest BCUT2D eigenvalue weighted by Gasteiger charge is 2.35. The van der Waals surface area contributed by atoms with Crippen molar-refractivity contribution in [2.45, 2.75) is 12.5 Å². The van der Waals surface area contributed by atoms with Crippen LogP contribution in [0.15, 0.2) is 30.3 Å². The van der Waals surface area contributed by atoms with Crippen LogP contribution in [0, 0.1) is 0 Å². The second kappa shape index (κ2) is 5.30. The minimum absolute atomic E-state index is 0.197. The molecule has 2 rings (SSSR count). The number of hydrogen-bond donors (Lipinski definition) is 1. The molecule has 1 aliphatic heterocycles. The number of alkyl carbamates (subject to hydrolysis) is 1. The van der Waals surface area contributed by atoms with Gasteiger partial charge in [0.25, 0.3) is 0 Å². The number of amides is 1. The molecule has 0 aromatic heterocycles. The lowest BCUT2D eigenvalue weighted by Crippen LogP contribution is -2.39. The summed E-state index contributed by atoms with van der Waals surface area (Å²) in [4.78, 5) is 44.7. The first-order valence-corrected chi connectivity index (χ1v) is 5.38. The van der Waals surface area contributed by atoms with Crippen molar-refractivity contribution in [3.8, 4) is 0 Å². The molecule has 1 atom stereocenters. The van der Waals surface area contributed by atoms with Crippen molar-refractivity contribution in [1.29, 1.82) is 0 Å². The van der Waals surface area contributed by atoms with Crippen LogP contribution in [0.25, 0.3) is 0 Å². The fourth-order valence-electron chi connectivity index (χ4n) is 1.47. The maximum absolute atomic E-state index is 11.5. The number of carbonyl (C=O) groups is 4. The summed E-state index contributed by atoms with van der Waals surface area (Å²) in [7, 11) is 0. The minimum atomic E-state index is -1.11. The number of ether oxygens (including phenoxy) is 2. The zero-order valence-corrected chi connectivity index (χ0v) is 9.62. The molecular formula is C12H9NO6. The van der Waals surface area contributed by atoms with Gasteiger partial charge in [-0.3, -0.25) is 4.79 Å². The molecule has 98 valence electrons. The molecule has 19 heavy (non-hydrogen) atoms. The molecule has 1 aromatic rings. The molecule has 1 aromatic carbocycles. The molecular weight excluding hydrogens is 254 g/mol. The van der Waals surface area contributed by atoms with Gasteiger partial charge in [-0.25, -0.2) is 14.4 Å². The van der Waals surface area contributed by atoms with Crippen LogP contribution < -0.4 is 5.32 Å². The Morgan fingerprint density at radius 1 is 1.21 bits per heavy atom. The van der Waals surface area contributed by atoms with Crippen LogP contribution in [-0.2, 0) is 19.1 Å². The van der Waals surface area contributed by atoms with E-state index in [4.69, 9.17) is 0 Å². The van der Waals surface area contributed by atoms with Crippen molar-refractivity contribution < 1.29 is 28.7 Å². The molecule has 1 fully saturated rings. The molecule has 1 saturated heterocycles. The van der Waals surface area contributed by atoms with E-state index in [-0.39, 0.29) is 12.0 Å². The SMILES string of the molecule is O=C1C[C@H](NC(=O)OC(=O)c2ccccc2)C(=O)O1. The number of carbonyl (C=O) groups excluding carboxylic acids is 4. The van der Waals surface area contributed by atoms with Gasteiger partial charge >= 0.3 is 24.0 Å². The Morgan fingerprint density at radius 3 is 2.47 bits per heavy atom.